The van der Waals surface area contributed by atoms with Gasteiger partial charge in [-0.2, -0.15) is 8.42 Å². The minimum Gasteiger partial charge on any atom is -0.462 e. The molecule has 770 valence electrons. The molecule has 2 aliphatic rings. The number of rotatable bonds is 80. The lowest BCUT2D eigenvalue weighted by molar-refractivity contribution is -0.256. The highest BCUT2D eigenvalue weighted by atomic mass is 32.3. The zero-order valence-corrected chi connectivity index (χ0v) is 81.3. The van der Waals surface area contributed by atoms with E-state index in [9.17, 15) is 81.6 Å². The van der Waals surface area contributed by atoms with Gasteiger partial charge in [-0.25, -0.2) is 8.75 Å². The third kappa shape index (κ3) is 65.7. The number of unbranched alkanes of at least 4 members (excludes halogenated alkanes) is 46. The number of hydrogen-bond donors (Lipinski definition) is 10. The van der Waals surface area contributed by atoms with Crippen molar-refractivity contribution in [2.24, 2.45) is 0 Å². The van der Waals surface area contributed by atoms with Crippen molar-refractivity contribution >= 4 is 53.9 Å². The normalized spacial score (nSPS) is 19.1. The Balaban J connectivity index is 0.00000256. The largest absolute Gasteiger partial charge is 0.470 e. The van der Waals surface area contributed by atoms with Gasteiger partial charge in [-0.1, -0.05) is 400 Å². The molecule has 0 bridgehead atoms. The first-order valence-electron chi connectivity index (χ1n) is 50.7. The van der Waals surface area contributed by atoms with E-state index >= 15 is 0 Å². The van der Waals surface area contributed by atoms with Crippen LogP contribution < -0.4 is 10.6 Å². The Kier molecular flexibility index (Phi) is 78.8. The number of aryl methyl sites for hydroxylation is 2. The van der Waals surface area contributed by atoms with Gasteiger partial charge in [0.25, 0.3) is 0 Å². The number of phosphoric acid groups is 1. The minimum absolute atomic E-state index is 0. The van der Waals surface area contributed by atoms with Crippen LogP contribution in [0.15, 0.2) is 60.7 Å². The van der Waals surface area contributed by atoms with Crippen molar-refractivity contribution in [3.8, 4) is 0 Å². The second-order valence-corrected chi connectivity index (χ2v) is 38.4. The van der Waals surface area contributed by atoms with Gasteiger partial charge in [0.2, 0.25) is 11.8 Å². The molecule has 10 N–H and O–H groups in total. The van der Waals surface area contributed by atoms with Gasteiger partial charge in [0.15, 0.2) is 24.8 Å². The van der Waals surface area contributed by atoms with Crippen LogP contribution in [0.25, 0.3) is 0 Å². The molecule has 4 rings (SSSR count). The molecule has 2 fully saturated rings. The molecular weight excluding hydrogens is 1730 g/mol. The number of esters is 4. The van der Waals surface area contributed by atoms with Crippen molar-refractivity contribution in [1.82, 2.24) is 10.6 Å². The lowest BCUT2D eigenvalue weighted by Gasteiger charge is -2.43. The molecule has 132 heavy (non-hydrogen) atoms. The predicted octanol–water partition coefficient (Wildman–Crippen LogP) is 22.3. The number of nitrogens with one attached hydrogen (secondary N) is 2. The number of carbonyl (C=O) groups is 6. The van der Waals surface area contributed by atoms with Crippen molar-refractivity contribution in [2.75, 3.05) is 13.2 Å². The molecule has 2 heterocycles. The predicted molar refractivity (Wildman–Crippen MR) is 523 cm³/mol. The van der Waals surface area contributed by atoms with Crippen molar-refractivity contribution in [2.45, 2.75) is 534 Å². The second-order valence-electron chi connectivity index (χ2n) is 36.2. The SMILES string of the molecule is C.C.C.CCCCCCCCCCCC(=O)O[C@H](CCCCCCCCCCC)CC(=O)O[C@@H]1C(NC(=O)C[C@H](O)CCCCCCCCCCC)C(O)OC(CO)[C@H]1OP(=O)(O)O.CCCCCCCCCCC[C@H](CC(=O)NC1C(O)OC(CO)[C@@H](OS(=O)(=O)O)[C@@H]1OC(=O)CCCCCCCCCCc1ccccc1)OC(=O)CCCCCCCCCCc1ccccc1. The van der Waals surface area contributed by atoms with E-state index in [1.807, 2.05) is 12.1 Å². The van der Waals surface area contributed by atoms with Gasteiger partial charge >= 0.3 is 42.1 Å². The number of amides is 2. The number of ether oxygens (including phenoxy) is 6. The molecule has 27 nitrogen and oxygen atoms in total. The van der Waals surface area contributed by atoms with E-state index in [4.69, 9.17) is 37.1 Å². The van der Waals surface area contributed by atoms with Gasteiger partial charge in [-0.05, 0) is 88.2 Å². The van der Waals surface area contributed by atoms with Crippen LogP contribution in [0.4, 0.5) is 0 Å². The Bertz CT molecular complexity index is 3290. The van der Waals surface area contributed by atoms with Crippen LogP contribution in [0, 0.1) is 0 Å². The summed E-state index contributed by atoms with van der Waals surface area (Å²) >= 11 is 0. The lowest BCUT2D eigenvalue weighted by atomic mass is 9.96. The maximum absolute atomic E-state index is 13.7. The van der Waals surface area contributed by atoms with Crippen LogP contribution in [0.1, 0.15) is 453 Å². The van der Waals surface area contributed by atoms with E-state index in [2.05, 4.69) is 86.9 Å². The highest BCUT2D eigenvalue weighted by molar-refractivity contribution is 7.80. The number of aliphatic hydroxyl groups is 5. The Hall–Kier alpha value is -5.04. The molecule has 0 aliphatic carbocycles. The average molecular weight is 1920 g/mol. The highest BCUT2D eigenvalue weighted by Crippen LogP contribution is 2.42. The number of phosphoric ester groups is 1. The Morgan fingerprint density at radius 1 is 0.379 bits per heavy atom. The van der Waals surface area contributed by atoms with Crippen LogP contribution in [-0.2, 0) is 93.7 Å². The van der Waals surface area contributed by atoms with Crippen molar-refractivity contribution in [3.05, 3.63) is 71.8 Å². The third-order valence-corrected chi connectivity index (χ3v) is 25.4. The molecular formula is C103H187N2O25PS. The first-order chi connectivity index (χ1) is 62.3. The maximum atomic E-state index is 13.7. The molecule has 2 aromatic carbocycles. The van der Waals surface area contributed by atoms with E-state index in [-0.39, 0.29) is 54.4 Å². The monoisotopic (exact) mass is 1920 g/mol. The zero-order valence-electron chi connectivity index (χ0n) is 79.6. The van der Waals surface area contributed by atoms with Crippen molar-refractivity contribution in [1.29, 1.82) is 0 Å². The summed E-state index contributed by atoms with van der Waals surface area (Å²) in [5, 5.41) is 57.8. The van der Waals surface area contributed by atoms with Crippen LogP contribution in [0.2, 0.25) is 0 Å². The molecule has 2 amide bonds. The molecule has 0 spiro atoms. The van der Waals surface area contributed by atoms with Gasteiger partial charge in [0.05, 0.1) is 38.6 Å². The maximum Gasteiger partial charge on any atom is 0.470 e. The summed E-state index contributed by atoms with van der Waals surface area (Å²) in [7, 11) is -10.5. The molecule has 13 atom stereocenters. The zero-order chi connectivity index (χ0) is 94.2. The summed E-state index contributed by atoms with van der Waals surface area (Å²) in [4.78, 5) is 99.5. The van der Waals surface area contributed by atoms with Crippen LogP contribution >= 0.6 is 7.82 Å². The topological polar surface area (TPSA) is 413 Å². The van der Waals surface area contributed by atoms with E-state index in [0.29, 0.717) is 44.9 Å². The lowest BCUT2D eigenvalue weighted by Crippen LogP contribution is -2.66. The molecule has 6 unspecified atom stereocenters. The second kappa shape index (κ2) is 81.9. The Morgan fingerprint density at radius 3 is 1.01 bits per heavy atom. The quantitative estimate of drug-likeness (QED) is 0.00966. The molecule has 0 aromatic heterocycles. The van der Waals surface area contributed by atoms with E-state index in [1.165, 1.54) is 152 Å². The molecule has 29 heteroatoms. The van der Waals surface area contributed by atoms with Gasteiger partial charge in [0, 0.05) is 19.3 Å². The fourth-order valence-corrected chi connectivity index (χ4v) is 18.1. The molecule has 2 aromatic rings. The third-order valence-electron chi connectivity index (χ3n) is 24.5. The molecule has 2 aliphatic heterocycles. The van der Waals surface area contributed by atoms with Gasteiger partial charge < -0.3 is 74.4 Å². The average Bonchev–Trinajstić information content (AvgIpc) is 0.790. The summed E-state index contributed by atoms with van der Waals surface area (Å²) in [6.07, 6.45) is 41.8. The van der Waals surface area contributed by atoms with Crippen LogP contribution in [-0.4, -0.2) is 177 Å². The summed E-state index contributed by atoms with van der Waals surface area (Å²) in [5.74, 6) is -3.85. The standard InChI is InChI=1S/C54H87NO12S.C46H88NO13P.3CH4/c1-2-3-4-5-6-7-14-19-30-39-46(64-49(58)40-31-20-15-10-8-12-17-24-33-44-35-26-22-27-36-44)42-48(57)55-51-53(52(67-68(61,62)63)47(43-56)65-54(51)60)66-50(59)41-32-21-16-11-9-13-18-25-34-45-37-28-23-29-38-45;1-4-7-10-13-16-19-22-25-28-31-37(49)34-40(50)47-43-45(44(60-61(54,55)56)39(36-48)58-46(43)53)59-42(52)35-38(32-29-26-23-20-17-14-11-8-5-2)57-41(51)33-30-27-24-21-18-15-12-9-6-3;;;/h22-23,26-29,35-38,46-47,51-54,56,60H,2-21,24-25,30-34,39-43H2,1H3,(H,55,57)(H,61,62,63);37-39,43-46,48-49,53H,4-36H2,1-3H3,(H,47,50)(H2,54,55,56);3*1H4/t46-,47?,51?,52-,53-,54?;37-,38-,39?,43?,44-,45-,46?;;;/m11.../s1. The fourth-order valence-electron chi connectivity index (χ4n) is 17.0. The number of carbonyl (C=O) groups excluding carboxylic acids is 6. The summed E-state index contributed by atoms with van der Waals surface area (Å²) in [6.45, 7) is 7.03. The summed E-state index contributed by atoms with van der Waals surface area (Å²) in [6, 6.07) is 17.8. The highest BCUT2D eigenvalue weighted by Gasteiger charge is 2.53. The molecule has 0 radical (unpaired) electrons. The molecule has 2 saturated heterocycles. The van der Waals surface area contributed by atoms with E-state index < -0.39 is 153 Å². The van der Waals surface area contributed by atoms with Crippen LogP contribution in [0.3, 0.4) is 0 Å². The smallest absolute Gasteiger partial charge is 0.462 e. The number of hydrogen-bond acceptors (Lipinski definition) is 22. The number of aliphatic hydroxyl groups excluding tert-OH is 5. The minimum atomic E-state index is -5.29. The Labute approximate surface area is 798 Å². The summed E-state index contributed by atoms with van der Waals surface area (Å²) in [5.41, 5.74) is 2.72. The van der Waals surface area contributed by atoms with Crippen molar-refractivity contribution < 1.29 is 119 Å². The van der Waals surface area contributed by atoms with Gasteiger partial charge in [0.1, 0.15) is 48.7 Å². The van der Waals surface area contributed by atoms with Gasteiger partial charge in [-0.15, -0.1) is 0 Å². The van der Waals surface area contributed by atoms with Crippen molar-refractivity contribution in [3.63, 3.8) is 0 Å². The summed E-state index contributed by atoms with van der Waals surface area (Å²) < 4.78 is 89.5. The first-order valence-corrected chi connectivity index (χ1v) is 53.6. The Morgan fingerprint density at radius 2 is 0.667 bits per heavy atom. The van der Waals surface area contributed by atoms with Gasteiger partial charge in [-0.3, -0.25) is 37.8 Å². The number of benzene rings is 2. The first kappa shape index (κ1) is 127. The van der Waals surface area contributed by atoms with E-state index in [1.54, 1.807) is 0 Å². The fraction of sp³-hybridized carbons (Fsp3) is 0.825. The van der Waals surface area contributed by atoms with E-state index in [0.717, 1.165) is 180 Å². The van der Waals surface area contributed by atoms with Crippen LogP contribution in [0.5, 0.6) is 0 Å². The molecule has 0 saturated carbocycles.